The lowest BCUT2D eigenvalue weighted by molar-refractivity contribution is -0.136. The first kappa shape index (κ1) is 13.3. The molecule has 2 heterocycles. The second-order valence-electron chi connectivity index (χ2n) is 5.24. The maximum Gasteiger partial charge on any atom is 0.247 e. The molecule has 2 rings (SSSR count). The maximum absolute atomic E-state index is 12.2. The van der Waals surface area contributed by atoms with Crippen LogP contribution >= 0.6 is 0 Å². The number of hydrogen-bond donors (Lipinski definition) is 0. The molecular weight excluding hydrogens is 242 g/mol. The molecule has 1 aliphatic rings. The van der Waals surface area contributed by atoms with Crippen LogP contribution in [0.1, 0.15) is 25.2 Å². The van der Waals surface area contributed by atoms with E-state index in [0.29, 0.717) is 24.7 Å². The summed E-state index contributed by atoms with van der Waals surface area (Å²) in [6, 6.07) is 3.65. The molecule has 0 bridgehead atoms. The van der Waals surface area contributed by atoms with Crippen molar-refractivity contribution in [3.05, 3.63) is 17.5 Å². The third-order valence-electron chi connectivity index (χ3n) is 3.40. The topological polar surface area (TPSA) is 73.1 Å². The van der Waals surface area contributed by atoms with Gasteiger partial charge in [0.2, 0.25) is 11.9 Å². The molecule has 6 nitrogen and oxygen atoms in total. The molecule has 0 unspecified atom stereocenters. The van der Waals surface area contributed by atoms with Crippen molar-refractivity contribution in [1.82, 2.24) is 14.9 Å². The third-order valence-corrected chi connectivity index (χ3v) is 3.40. The normalized spacial score (nSPS) is 18.4. The number of piperazine rings is 1. The number of anilines is 1. The fourth-order valence-electron chi connectivity index (χ4n) is 2.29. The molecule has 0 radical (unpaired) electrons. The van der Waals surface area contributed by atoms with Gasteiger partial charge in [-0.3, -0.25) is 4.79 Å². The predicted molar refractivity (Wildman–Crippen MR) is 70.5 cm³/mol. The third kappa shape index (κ3) is 2.24. The number of rotatable bonds is 1. The monoisotopic (exact) mass is 259 g/mol. The van der Waals surface area contributed by atoms with E-state index in [9.17, 15) is 4.79 Å². The van der Waals surface area contributed by atoms with Gasteiger partial charge < -0.3 is 9.80 Å². The van der Waals surface area contributed by atoms with Crippen molar-refractivity contribution < 1.29 is 4.79 Å². The fraction of sp³-hybridized carbons (Fsp3) is 0.538. The van der Waals surface area contributed by atoms with Gasteiger partial charge in [0.15, 0.2) is 0 Å². The van der Waals surface area contributed by atoms with Gasteiger partial charge in [-0.05, 0) is 26.8 Å². The van der Waals surface area contributed by atoms with Gasteiger partial charge in [-0.2, -0.15) is 5.26 Å². The molecule has 6 heteroatoms. The van der Waals surface area contributed by atoms with Crippen molar-refractivity contribution in [2.75, 3.05) is 25.0 Å². The lowest BCUT2D eigenvalue weighted by atomic mass is 9.98. The molecule has 100 valence electrons. The molecule has 1 aliphatic heterocycles. The molecule has 1 saturated heterocycles. The second kappa shape index (κ2) is 4.50. The Labute approximate surface area is 112 Å². The standard InChI is InChI=1S/C13H17N5O/c1-9-7-10(8-14)16-12(15-9)18-6-5-17(4)11(19)13(18,2)3/h7H,5-6H2,1-4H3. The summed E-state index contributed by atoms with van der Waals surface area (Å²) in [5, 5.41) is 8.98. The summed E-state index contributed by atoms with van der Waals surface area (Å²) in [4.78, 5) is 24.4. The summed E-state index contributed by atoms with van der Waals surface area (Å²) in [5.41, 5.74) is 0.349. The molecule has 19 heavy (non-hydrogen) atoms. The van der Waals surface area contributed by atoms with Crippen LogP contribution in [0.25, 0.3) is 0 Å². The minimum atomic E-state index is -0.701. The Kier molecular flexibility index (Phi) is 3.14. The molecule has 1 aromatic rings. The zero-order valence-electron chi connectivity index (χ0n) is 11.6. The Balaban J connectivity index is 2.44. The van der Waals surface area contributed by atoms with Gasteiger partial charge >= 0.3 is 0 Å². The van der Waals surface area contributed by atoms with Crippen LogP contribution in [0.3, 0.4) is 0 Å². The van der Waals surface area contributed by atoms with Gasteiger partial charge in [0.1, 0.15) is 17.3 Å². The lowest BCUT2D eigenvalue weighted by Gasteiger charge is -2.44. The van der Waals surface area contributed by atoms with Gasteiger partial charge in [0.05, 0.1) is 0 Å². The van der Waals surface area contributed by atoms with Crippen LogP contribution in [0.4, 0.5) is 5.95 Å². The van der Waals surface area contributed by atoms with Crippen LogP contribution in [0.15, 0.2) is 6.07 Å². The van der Waals surface area contributed by atoms with Crippen molar-refractivity contribution in [3.63, 3.8) is 0 Å². The molecule has 0 N–H and O–H groups in total. The molecule has 0 atom stereocenters. The smallest absolute Gasteiger partial charge is 0.247 e. The summed E-state index contributed by atoms with van der Waals surface area (Å²) in [7, 11) is 1.79. The van der Waals surface area contributed by atoms with Crippen LogP contribution in [0.2, 0.25) is 0 Å². The number of carbonyl (C=O) groups excluding carboxylic acids is 1. The Morgan fingerprint density at radius 2 is 2.05 bits per heavy atom. The number of nitrogens with zero attached hydrogens (tertiary/aromatic N) is 5. The largest absolute Gasteiger partial charge is 0.342 e. The van der Waals surface area contributed by atoms with E-state index < -0.39 is 5.54 Å². The van der Waals surface area contributed by atoms with E-state index in [1.807, 2.05) is 31.7 Å². The Morgan fingerprint density at radius 3 is 2.68 bits per heavy atom. The number of aromatic nitrogens is 2. The number of aryl methyl sites for hydroxylation is 1. The second-order valence-corrected chi connectivity index (χ2v) is 5.24. The van der Waals surface area contributed by atoms with Crippen LogP contribution in [0, 0.1) is 18.3 Å². The van der Waals surface area contributed by atoms with Crippen molar-refractivity contribution in [2.45, 2.75) is 26.3 Å². The highest BCUT2D eigenvalue weighted by molar-refractivity contribution is 5.89. The fourth-order valence-corrected chi connectivity index (χ4v) is 2.29. The first-order valence-electron chi connectivity index (χ1n) is 6.15. The number of carbonyl (C=O) groups is 1. The van der Waals surface area contributed by atoms with Crippen LogP contribution in [0.5, 0.6) is 0 Å². The molecular formula is C13H17N5O. The molecule has 1 aromatic heterocycles. The van der Waals surface area contributed by atoms with E-state index in [4.69, 9.17) is 5.26 Å². The number of amides is 1. The quantitative estimate of drug-likeness (QED) is 0.742. The van der Waals surface area contributed by atoms with E-state index >= 15 is 0 Å². The number of likely N-dealkylation sites (N-methyl/N-ethyl adjacent to an activating group) is 1. The highest BCUT2D eigenvalue weighted by Gasteiger charge is 2.41. The van der Waals surface area contributed by atoms with Gasteiger partial charge in [-0.25, -0.2) is 9.97 Å². The minimum absolute atomic E-state index is 0.0300. The Morgan fingerprint density at radius 1 is 1.37 bits per heavy atom. The Bertz CT molecular complexity index is 561. The van der Waals surface area contributed by atoms with E-state index in [1.54, 1.807) is 18.0 Å². The average Bonchev–Trinajstić information content (AvgIpc) is 2.35. The first-order valence-corrected chi connectivity index (χ1v) is 6.15. The van der Waals surface area contributed by atoms with Crippen molar-refractivity contribution in [3.8, 4) is 6.07 Å². The molecule has 1 amide bonds. The zero-order chi connectivity index (χ0) is 14.2. The molecule has 0 aliphatic carbocycles. The molecule has 1 fully saturated rings. The molecule has 0 aromatic carbocycles. The highest BCUT2D eigenvalue weighted by atomic mass is 16.2. The molecule has 0 saturated carbocycles. The number of hydrogen-bond acceptors (Lipinski definition) is 5. The molecule has 0 spiro atoms. The van der Waals surface area contributed by atoms with Crippen LogP contribution in [-0.4, -0.2) is 46.5 Å². The lowest BCUT2D eigenvalue weighted by Crippen LogP contribution is -2.62. The van der Waals surface area contributed by atoms with Crippen molar-refractivity contribution in [2.24, 2.45) is 0 Å². The van der Waals surface area contributed by atoms with Gasteiger partial charge in [0.25, 0.3) is 0 Å². The van der Waals surface area contributed by atoms with Crippen LogP contribution < -0.4 is 4.90 Å². The summed E-state index contributed by atoms with van der Waals surface area (Å²) in [5.74, 6) is 0.477. The van der Waals surface area contributed by atoms with Crippen molar-refractivity contribution >= 4 is 11.9 Å². The summed E-state index contributed by atoms with van der Waals surface area (Å²) in [6.45, 7) is 6.80. The van der Waals surface area contributed by atoms with Crippen molar-refractivity contribution in [1.29, 1.82) is 5.26 Å². The van der Waals surface area contributed by atoms with Gasteiger partial charge in [0, 0.05) is 25.8 Å². The van der Waals surface area contributed by atoms with Gasteiger partial charge in [-0.15, -0.1) is 0 Å². The summed E-state index contributed by atoms with van der Waals surface area (Å²) >= 11 is 0. The minimum Gasteiger partial charge on any atom is -0.342 e. The SMILES string of the molecule is Cc1cc(C#N)nc(N2CCN(C)C(=O)C2(C)C)n1. The first-order chi connectivity index (χ1) is 8.86. The van der Waals surface area contributed by atoms with E-state index in [0.717, 1.165) is 5.69 Å². The van der Waals surface area contributed by atoms with E-state index in [-0.39, 0.29) is 5.91 Å². The highest BCUT2D eigenvalue weighted by Crippen LogP contribution is 2.26. The zero-order valence-corrected chi connectivity index (χ0v) is 11.6. The summed E-state index contributed by atoms with van der Waals surface area (Å²) < 4.78 is 0. The maximum atomic E-state index is 12.2. The van der Waals surface area contributed by atoms with Crippen LogP contribution in [-0.2, 0) is 4.79 Å². The average molecular weight is 259 g/mol. The summed E-state index contributed by atoms with van der Waals surface area (Å²) in [6.07, 6.45) is 0. The Hall–Kier alpha value is -2.16. The van der Waals surface area contributed by atoms with Gasteiger partial charge in [-0.1, -0.05) is 0 Å². The number of nitriles is 1. The van der Waals surface area contributed by atoms with E-state index in [1.165, 1.54) is 0 Å². The predicted octanol–water partition coefficient (Wildman–Crippen LogP) is 0.714. The van der Waals surface area contributed by atoms with E-state index in [2.05, 4.69) is 9.97 Å².